The number of carbonyl (C=O) groups is 1. The molecule has 2 rings (SSSR count). The Labute approximate surface area is 127 Å². The molecule has 0 saturated heterocycles. The van der Waals surface area contributed by atoms with Crippen LogP contribution >= 0.6 is 11.3 Å². The number of aromatic amines is 1. The van der Waals surface area contributed by atoms with Gasteiger partial charge in [-0.25, -0.2) is 4.98 Å². The molecule has 0 aliphatic heterocycles. The molecule has 5 nitrogen and oxygen atoms in total. The molecule has 114 valence electrons. The number of fused-ring (bicyclic) bond motifs is 1. The Balaban J connectivity index is 2.43. The lowest BCUT2D eigenvalue weighted by Crippen LogP contribution is -2.23. The second-order valence-electron chi connectivity index (χ2n) is 6.11. The van der Waals surface area contributed by atoms with Crippen LogP contribution in [0.4, 0.5) is 0 Å². The van der Waals surface area contributed by atoms with Crippen molar-refractivity contribution >= 4 is 27.5 Å². The maximum Gasteiger partial charge on any atom is 0.303 e. The van der Waals surface area contributed by atoms with Crippen molar-refractivity contribution in [2.45, 2.75) is 47.0 Å². The second-order valence-corrected chi connectivity index (χ2v) is 7.19. The summed E-state index contributed by atoms with van der Waals surface area (Å²) in [4.78, 5) is 32.4. The Kier molecular flexibility index (Phi) is 4.18. The number of aliphatic carboxylic acids is 1. The van der Waals surface area contributed by atoms with Crippen LogP contribution in [0.1, 0.15) is 43.5 Å². The van der Waals surface area contributed by atoms with Crippen molar-refractivity contribution in [1.29, 1.82) is 0 Å². The van der Waals surface area contributed by atoms with Crippen LogP contribution in [0.5, 0.6) is 0 Å². The van der Waals surface area contributed by atoms with Gasteiger partial charge in [0.1, 0.15) is 10.7 Å². The van der Waals surface area contributed by atoms with Gasteiger partial charge in [0.15, 0.2) is 0 Å². The van der Waals surface area contributed by atoms with Gasteiger partial charge in [-0.2, -0.15) is 0 Å². The van der Waals surface area contributed by atoms with Gasteiger partial charge in [0.2, 0.25) is 0 Å². The normalized spacial score (nSPS) is 12.0. The lowest BCUT2D eigenvalue weighted by atomic mass is 9.85. The third-order valence-electron chi connectivity index (χ3n) is 3.55. The average Bonchev–Trinajstić information content (AvgIpc) is 2.63. The van der Waals surface area contributed by atoms with Gasteiger partial charge in [0.25, 0.3) is 5.56 Å². The van der Waals surface area contributed by atoms with Crippen LogP contribution in [-0.4, -0.2) is 21.0 Å². The molecule has 2 heterocycles. The van der Waals surface area contributed by atoms with Gasteiger partial charge in [-0.15, -0.1) is 11.3 Å². The number of hydrogen-bond donors (Lipinski definition) is 2. The SMILES string of the molecule is CCc1sc2nc(CC(C)(C)CC(=O)O)[nH]c(=O)c2c1C. The number of carboxylic acids is 1. The number of aryl methyl sites for hydroxylation is 2. The lowest BCUT2D eigenvalue weighted by molar-refractivity contribution is -0.139. The number of hydrogen-bond acceptors (Lipinski definition) is 4. The van der Waals surface area contributed by atoms with E-state index in [1.807, 2.05) is 20.8 Å². The molecule has 0 aliphatic carbocycles. The summed E-state index contributed by atoms with van der Waals surface area (Å²) in [5.74, 6) is -0.286. The first kappa shape index (κ1) is 15.7. The molecule has 0 saturated carbocycles. The smallest absolute Gasteiger partial charge is 0.303 e. The van der Waals surface area contributed by atoms with Gasteiger partial charge < -0.3 is 10.1 Å². The quantitative estimate of drug-likeness (QED) is 0.889. The fraction of sp³-hybridized carbons (Fsp3) is 0.533. The fourth-order valence-corrected chi connectivity index (χ4v) is 3.72. The number of carboxylic acid groups (broad SMARTS) is 1. The van der Waals surface area contributed by atoms with Crippen LogP contribution in [0.15, 0.2) is 4.79 Å². The first-order valence-corrected chi connectivity index (χ1v) is 7.78. The zero-order chi connectivity index (χ0) is 15.8. The van der Waals surface area contributed by atoms with E-state index in [0.717, 1.165) is 16.8 Å². The first-order valence-electron chi connectivity index (χ1n) is 6.96. The number of aromatic nitrogens is 2. The summed E-state index contributed by atoms with van der Waals surface area (Å²) in [5.41, 5.74) is 0.423. The molecule has 0 amide bonds. The summed E-state index contributed by atoms with van der Waals surface area (Å²) in [6.45, 7) is 7.73. The Hall–Kier alpha value is -1.69. The van der Waals surface area contributed by atoms with Crippen LogP contribution in [0, 0.1) is 12.3 Å². The zero-order valence-electron chi connectivity index (χ0n) is 12.7. The average molecular weight is 308 g/mol. The molecular formula is C15H20N2O3S. The zero-order valence-corrected chi connectivity index (χ0v) is 13.6. The van der Waals surface area contributed by atoms with E-state index < -0.39 is 11.4 Å². The number of rotatable bonds is 5. The van der Waals surface area contributed by atoms with E-state index in [1.54, 1.807) is 11.3 Å². The maximum atomic E-state index is 12.3. The van der Waals surface area contributed by atoms with E-state index >= 15 is 0 Å². The number of H-pyrrole nitrogens is 1. The van der Waals surface area contributed by atoms with Gasteiger partial charge >= 0.3 is 5.97 Å². The van der Waals surface area contributed by atoms with Crippen LogP contribution in [0.2, 0.25) is 0 Å². The predicted molar refractivity (Wildman–Crippen MR) is 84.1 cm³/mol. The number of nitrogens with one attached hydrogen (secondary N) is 1. The highest BCUT2D eigenvalue weighted by Gasteiger charge is 2.24. The molecule has 0 radical (unpaired) electrons. The molecule has 0 aliphatic rings. The molecule has 0 aromatic carbocycles. The van der Waals surface area contributed by atoms with Crippen molar-refractivity contribution in [3.63, 3.8) is 0 Å². The molecule has 2 aromatic heterocycles. The molecule has 0 fully saturated rings. The van der Waals surface area contributed by atoms with Crippen molar-refractivity contribution < 1.29 is 9.90 Å². The standard InChI is InChI=1S/C15H20N2O3S/c1-5-9-8(2)12-13(20)16-10(17-14(12)21-9)6-15(3,4)7-11(18)19/h5-7H2,1-4H3,(H,18,19)(H,16,17,20). The lowest BCUT2D eigenvalue weighted by Gasteiger charge is -2.21. The van der Waals surface area contributed by atoms with Crippen molar-refractivity contribution in [2.24, 2.45) is 5.41 Å². The molecule has 0 spiro atoms. The number of thiophene rings is 1. The monoisotopic (exact) mass is 308 g/mol. The maximum absolute atomic E-state index is 12.3. The van der Waals surface area contributed by atoms with Gasteiger partial charge in [0.05, 0.1) is 11.8 Å². The van der Waals surface area contributed by atoms with Gasteiger partial charge in [-0.3, -0.25) is 9.59 Å². The molecule has 2 aromatic rings. The van der Waals surface area contributed by atoms with Gasteiger partial charge in [0, 0.05) is 11.3 Å². The van der Waals surface area contributed by atoms with Gasteiger partial charge in [-0.1, -0.05) is 20.8 Å². The van der Waals surface area contributed by atoms with Crippen LogP contribution in [0.25, 0.3) is 10.2 Å². The summed E-state index contributed by atoms with van der Waals surface area (Å²) in [5, 5.41) is 9.60. The Morgan fingerprint density at radius 1 is 1.43 bits per heavy atom. The largest absolute Gasteiger partial charge is 0.481 e. The minimum atomic E-state index is -0.844. The molecular weight excluding hydrogens is 288 g/mol. The highest BCUT2D eigenvalue weighted by atomic mass is 32.1. The van der Waals surface area contributed by atoms with Gasteiger partial charge in [-0.05, 0) is 24.3 Å². The first-order chi connectivity index (χ1) is 9.73. The van der Waals surface area contributed by atoms with Crippen molar-refractivity contribution in [1.82, 2.24) is 9.97 Å². The fourth-order valence-electron chi connectivity index (χ4n) is 2.58. The van der Waals surface area contributed by atoms with E-state index in [4.69, 9.17) is 5.11 Å². The topological polar surface area (TPSA) is 83.0 Å². The summed E-state index contributed by atoms with van der Waals surface area (Å²) < 4.78 is 0. The summed E-state index contributed by atoms with van der Waals surface area (Å²) >= 11 is 1.54. The molecule has 0 unspecified atom stereocenters. The van der Waals surface area contributed by atoms with E-state index in [0.29, 0.717) is 17.6 Å². The Morgan fingerprint density at radius 3 is 2.67 bits per heavy atom. The van der Waals surface area contributed by atoms with Crippen molar-refractivity contribution in [3.05, 3.63) is 26.6 Å². The van der Waals surface area contributed by atoms with E-state index in [1.165, 1.54) is 4.88 Å². The molecule has 21 heavy (non-hydrogen) atoms. The molecule has 0 bridgehead atoms. The summed E-state index contributed by atoms with van der Waals surface area (Å²) in [6, 6.07) is 0. The van der Waals surface area contributed by atoms with Crippen LogP contribution in [-0.2, 0) is 17.6 Å². The molecule has 6 heteroatoms. The highest BCUT2D eigenvalue weighted by molar-refractivity contribution is 7.18. The van der Waals surface area contributed by atoms with E-state index in [-0.39, 0.29) is 12.0 Å². The predicted octanol–water partition coefficient (Wildman–Crippen LogP) is 2.90. The summed E-state index contributed by atoms with van der Waals surface area (Å²) in [6.07, 6.45) is 1.35. The van der Waals surface area contributed by atoms with E-state index in [2.05, 4.69) is 16.9 Å². The highest BCUT2D eigenvalue weighted by Crippen LogP contribution is 2.29. The third kappa shape index (κ3) is 3.32. The Morgan fingerprint density at radius 2 is 2.10 bits per heavy atom. The van der Waals surface area contributed by atoms with Crippen molar-refractivity contribution in [2.75, 3.05) is 0 Å². The minimum absolute atomic E-state index is 0.0401. The molecule has 0 atom stereocenters. The molecule has 2 N–H and O–H groups in total. The van der Waals surface area contributed by atoms with Crippen LogP contribution < -0.4 is 5.56 Å². The van der Waals surface area contributed by atoms with E-state index in [9.17, 15) is 9.59 Å². The van der Waals surface area contributed by atoms with Crippen molar-refractivity contribution in [3.8, 4) is 0 Å². The van der Waals surface area contributed by atoms with Crippen LogP contribution in [0.3, 0.4) is 0 Å². The Bertz CT molecular complexity index is 743. The number of nitrogens with zero attached hydrogens (tertiary/aromatic N) is 1. The summed E-state index contributed by atoms with van der Waals surface area (Å²) in [7, 11) is 0. The minimum Gasteiger partial charge on any atom is -0.481 e. The third-order valence-corrected chi connectivity index (χ3v) is 4.88. The second kappa shape index (κ2) is 5.60.